The molecule has 0 radical (unpaired) electrons. The lowest BCUT2D eigenvalue weighted by Gasteiger charge is -2.02. The predicted molar refractivity (Wildman–Crippen MR) is 75.0 cm³/mol. The summed E-state index contributed by atoms with van der Waals surface area (Å²) in [5, 5.41) is 5.38. The quantitative estimate of drug-likeness (QED) is 0.544. The van der Waals surface area contributed by atoms with Crippen molar-refractivity contribution in [1.29, 1.82) is 0 Å². The zero-order valence-electron chi connectivity index (χ0n) is 10.7. The van der Waals surface area contributed by atoms with E-state index < -0.39 is 0 Å². The third-order valence-corrected chi connectivity index (χ3v) is 3.31. The van der Waals surface area contributed by atoms with Gasteiger partial charge in [-0.05, 0) is 19.1 Å². The Morgan fingerprint density at radius 3 is 3.00 bits per heavy atom. The van der Waals surface area contributed by atoms with Crippen LogP contribution in [0, 0.1) is 6.92 Å². The molecule has 0 atom stereocenters. The first-order valence-corrected chi connectivity index (χ1v) is 6.13. The van der Waals surface area contributed by atoms with Crippen LogP contribution in [0.25, 0.3) is 27.9 Å². The first-order chi connectivity index (χ1) is 9.74. The topological polar surface area (TPSA) is 97.8 Å². The van der Waals surface area contributed by atoms with Crippen molar-refractivity contribution in [1.82, 2.24) is 29.5 Å². The van der Waals surface area contributed by atoms with Gasteiger partial charge in [-0.2, -0.15) is 5.10 Å². The van der Waals surface area contributed by atoms with E-state index >= 15 is 0 Å². The van der Waals surface area contributed by atoms with Crippen LogP contribution < -0.4 is 5.73 Å². The van der Waals surface area contributed by atoms with Crippen molar-refractivity contribution >= 4 is 22.5 Å². The van der Waals surface area contributed by atoms with Gasteiger partial charge in [-0.3, -0.25) is 0 Å². The van der Waals surface area contributed by atoms with Crippen molar-refractivity contribution in [3.05, 3.63) is 36.5 Å². The smallest absolute Gasteiger partial charge is 0.153 e. The van der Waals surface area contributed by atoms with Crippen molar-refractivity contribution in [2.24, 2.45) is 0 Å². The average molecular weight is 265 g/mol. The Hall–Kier alpha value is -2.96. The number of imidazole rings is 1. The molecule has 0 unspecified atom stereocenters. The fraction of sp³-hybridized carbons (Fsp3) is 0.0769. The minimum atomic E-state index is 0.440. The largest absolute Gasteiger partial charge is 0.383 e. The molecule has 0 saturated heterocycles. The van der Waals surface area contributed by atoms with Gasteiger partial charge in [0.1, 0.15) is 17.8 Å². The first-order valence-electron chi connectivity index (χ1n) is 6.13. The molecular weight excluding hydrogens is 254 g/mol. The third-order valence-electron chi connectivity index (χ3n) is 3.31. The molecule has 0 aromatic carbocycles. The summed E-state index contributed by atoms with van der Waals surface area (Å²) in [6.07, 6.45) is 5.07. The van der Waals surface area contributed by atoms with Crippen molar-refractivity contribution in [3.63, 3.8) is 0 Å². The standard InChI is InChI=1S/C13H11N7/c1-7-4-15-10-3-2-9(19-20(7)10)8-5-16-13-11(8)12(14)17-6-18-13/h2-6H,1H3,(H3,14,16,17,18). The van der Waals surface area contributed by atoms with Crippen LogP contribution in [0.15, 0.2) is 30.9 Å². The minimum absolute atomic E-state index is 0.440. The number of aromatic amines is 1. The Kier molecular flexibility index (Phi) is 2.06. The molecular formula is C13H11N7. The molecule has 4 aromatic rings. The highest BCUT2D eigenvalue weighted by atomic mass is 15.3. The molecule has 0 aliphatic carbocycles. The number of hydrogen-bond donors (Lipinski definition) is 2. The van der Waals surface area contributed by atoms with E-state index in [-0.39, 0.29) is 0 Å². The molecule has 0 aliphatic heterocycles. The van der Waals surface area contributed by atoms with E-state index in [1.807, 2.05) is 25.3 Å². The summed E-state index contributed by atoms with van der Waals surface area (Å²) in [6.45, 7) is 1.96. The van der Waals surface area contributed by atoms with E-state index in [4.69, 9.17) is 5.73 Å². The van der Waals surface area contributed by atoms with Crippen LogP contribution in [0.1, 0.15) is 5.69 Å². The average Bonchev–Trinajstić information content (AvgIpc) is 3.04. The second-order valence-corrected chi connectivity index (χ2v) is 4.57. The van der Waals surface area contributed by atoms with Gasteiger partial charge in [-0.15, -0.1) is 0 Å². The molecule has 0 aliphatic rings. The number of nitrogens with one attached hydrogen (secondary N) is 1. The summed E-state index contributed by atoms with van der Waals surface area (Å²) in [6, 6.07) is 3.84. The van der Waals surface area contributed by atoms with Crippen LogP contribution in [0.5, 0.6) is 0 Å². The second kappa shape index (κ2) is 3.77. The Morgan fingerprint density at radius 1 is 1.20 bits per heavy atom. The lowest BCUT2D eigenvalue weighted by Crippen LogP contribution is -1.97. The molecule has 0 saturated carbocycles. The minimum Gasteiger partial charge on any atom is -0.383 e. The molecule has 3 N–H and O–H groups in total. The van der Waals surface area contributed by atoms with Gasteiger partial charge in [0.15, 0.2) is 5.65 Å². The maximum absolute atomic E-state index is 5.94. The number of fused-ring (bicyclic) bond motifs is 2. The van der Waals surface area contributed by atoms with E-state index in [2.05, 4.69) is 25.0 Å². The number of H-pyrrole nitrogens is 1. The Labute approximate surface area is 113 Å². The number of hydrogen-bond acceptors (Lipinski definition) is 5. The fourth-order valence-electron chi connectivity index (χ4n) is 2.32. The van der Waals surface area contributed by atoms with Crippen molar-refractivity contribution < 1.29 is 0 Å². The van der Waals surface area contributed by atoms with Crippen LogP contribution in [-0.2, 0) is 0 Å². The number of anilines is 1. The van der Waals surface area contributed by atoms with Crippen LogP contribution in [-0.4, -0.2) is 29.5 Å². The highest BCUT2D eigenvalue weighted by molar-refractivity contribution is 5.99. The molecule has 0 bridgehead atoms. The van der Waals surface area contributed by atoms with E-state index in [1.54, 1.807) is 10.7 Å². The zero-order valence-corrected chi connectivity index (χ0v) is 10.7. The highest BCUT2D eigenvalue weighted by Crippen LogP contribution is 2.29. The molecule has 0 amide bonds. The number of rotatable bonds is 1. The Balaban J connectivity index is 2.03. The molecule has 4 heterocycles. The second-order valence-electron chi connectivity index (χ2n) is 4.57. The molecule has 7 nitrogen and oxygen atoms in total. The van der Waals surface area contributed by atoms with E-state index in [0.29, 0.717) is 11.5 Å². The summed E-state index contributed by atoms with van der Waals surface area (Å²) in [5.41, 5.74) is 10.1. The number of aryl methyl sites for hydroxylation is 1. The van der Waals surface area contributed by atoms with Crippen LogP contribution in [0.2, 0.25) is 0 Å². The summed E-state index contributed by atoms with van der Waals surface area (Å²) in [4.78, 5) is 15.6. The maximum Gasteiger partial charge on any atom is 0.153 e. The normalized spacial score (nSPS) is 11.4. The van der Waals surface area contributed by atoms with Gasteiger partial charge in [-0.25, -0.2) is 19.5 Å². The van der Waals surface area contributed by atoms with Crippen molar-refractivity contribution in [3.8, 4) is 11.3 Å². The van der Waals surface area contributed by atoms with Gasteiger partial charge < -0.3 is 10.7 Å². The number of nitrogens with zero attached hydrogens (tertiary/aromatic N) is 5. The van der Waals surface area contributed by atoms with Crippen LogP contribution in [0.3, 0.4) is 0 Å². The van der Waals surface area contributed by atoms with Gasteiger partial charge in [0, 0.05) is 11.8 Å². The molecule has 20 heavy (non-hydrogen) atoms. The molecule has 7 heteroatoms. The zero-order chi connectivity index (χ0) is 13.7. The van der Waals surface area contributed by atoms with Crippen LogP contribution in [0.4, 0.5) is 5.82 Å². The molecule has 0 fully saturated rings. The first kappa shape index (κ1) is 10.9. The van der Waals surface area contributed by atoms with Crippen LogP contribution >= 0.6 is 0 Å². The van der Waals surface area contributed by atoms with Crippen molar-refractivity contribution in [2.75, 3.05) is 5.73 Å². The maximum atomic E-state index is 5.94. The number of nitrogen functional groups attached to an aromatic ring is 1. The SMILES string of the molecule is Cc1cnc2ccc(-c3c[nH]c4ncnc(N)c34)nn12. The Morgan fingerprint density at radius 2 is 2.10 bits per heavy atom. The third kappa shape index (κ3) is 1.40. The lowest BCUT2D eigenvalue weighted by atomic mass is 10.1. The van der Waals surface area contributed by atoms with Crippen molar-refractivity contribution in [2.45, 2.75) is 6.92 Å². The Bertz CT molecular complexity index is 934. The van der Waals surface area contributed by atoms with E-state index in [1.165, 1.54) is 6.33 Å². The van der Waals surface area contributed by atoms with Gasteiger partial charge in [0.2, 0.25) is 0 Å². The van der Waals surface area contributed by atoms with E-state index in [0.717, 1.165) is 28.0 Å². The summed E-state index contributed by atoms with van der Waals surface area (Å²) in [5.74, 6) is 0.440. The summed E-state index contributed by atoms with van der Waals surface area (Å²) in [7, 11) is 0. The van der Waals surface area contributed by atoms with Gasteiger partial charge in [0.25, 0.3) is 0 Å². The molecule has 0 spiro atoms. The fourth-order valence-corrected chi connectivity index (χ4v) is 2.32. The summed E-state index contributed by atoms with van der Waals surface area (Å²) >= 11 is 0. The van der Waals surface area contributed by atoms with Gasteiger partial charge in [0.05, 0.1) is 23.0 Å². The number of nitrogens with two attached hydrogens (primary N) is 1. The predicted octanol–water partition coefficient (Wildman–Crippen LogP) is 1.56. The molecule has 4 rings (SSSR count). The monoisotopic (exact) mass is 265 g/mol. The van der Waals surface area contributed by atoms with Gasteiger partial charge in [-0.1, -0.05) is 0 Å². The molecule has 4 aromatic heterocycles. The van der Waals surface area contributed by atoms with E-state index in [9.17, 15) is 0 Å². The summed E-state index contributed by atoms with van der Waals surface area (Å²) < 4.78 is 1.80. The highest BCUT2D eigenvalue weighted by Gasteiger charge is 2.13. The molecule has 98 valence electrons. The lowest BCUT2D eigenvalue weighted by molar-refractivity contribution is 0.906. The van der Waals surface area contributed by atoms with Gasteiger partial charge >= 0.3 is 0 Å². The number of aromatic nitrogens is 6.